The summed E-state index contributed by atoms with van der Waals surface area (Å²) in [6.45, 7) is 4.22. The summed E-state index contributed by atoms with van der Waals surface area (Å²) >= 11 is 0. The monoisotopic (exact) mass is 432 g/mol. The zero-order chi connectivity index (χ0) is 23.1. The van der Waals surface area contributed by atoms with Gasteiger partial charge in [0, 0.05) is 20.0 Å². The van der Waals surface area contributed by atoms with E-state index in [1.165, 1.54) is 12.1 Å². The average molecular weight is 433 g/mol. The van der Waals surface area contributed by atoms with Gasteiger partial charge in [0.2, 0.25) is 11.8 Å². The molecule has 1 unspecified atom stereocenters. The van der Waals surface area contributed by atoms with Crippen LogP contribution < -0.4 is 5.32 Å². The molecule has 0 fully saturated rings. The number of halogens is 1. The van der Waals surface area contributed by atoms with Gasteiger partial charge in [-0.15, -0.1) is 0 Å². The van der Waals surface area contributed by atoms with Gasteiger partial charge in [0.25, 0.3) is 0 Å². The molecule has 4 nitrogen and oxygen atoms in total. The minimum absolute atomic E-state index is 0.149. The summed E-state index contributed by atoms with van der Waals surface area (Å²) in [5, 5.41) is 2.70. The standard InChI is InChI=1S/C27H29FN2O2/c1-19-13-20(2)15-23(14-19)17-26(31)30(18-22-9-11-24(28)12-10-22)25(27(32)29-3)16-21-7-5-4-6-8-21/h4-15,25H,16-18H2,1-3H3,(H,29,32). The number of aryl methyl sites for hydroxylation is 2. The molecule has 0 aliphatic rings. The third-order valence-electron chi connectivity index (χ3n) is 5.42. The van der Waals surface area contributed by atoms with Crippen LogP contribution in [0.1, 0.15) is 27.8 Å². The Morgan fingerprint density at radius 3 is 2.09 bits per heavy atom. The van der Waals surface area contributed by atoms with Crippen LogP contribution in [-0.4, -0.2) is 29.8 Å². The third kappa shape index (κ3) is 6.27. The molecule has 32 heavy (non-hydrogen) atoms. The summed E-state index contributed by atoms with van der Waals surface area (Å²) in [6, 6.07) is 21.0. The van der Waals surface area contributed by atoms with Crippen molar-refractivity contribution in [1.82, 2.24) is 10.2 Å². The fraction of sp³-hybridized carbons (Fsp3) is 0.259. The molecule has 166 valence electrons. The van der Waals surface area contributed by atoms with Crippen LogP contribution in [0.5, 0.6) is 0 Å². The van der Waals surface area contributed by atoms with Crippen LogP contribution in [0.4, 0.5) is 4.39 Å². The van der Waals surface area contributed by atoms with Gasteiger partial charge in [0.15, 0.2) is 0 Å². The first-order valence-corrected chi connectivity index (χ1v) is 10.7. The largest absolute Gasteiger partial charge is 0.357 e. The molecule has 1 atom stereocenters. The predicted octanol–water partition coefficient (Wildman–Crippen LogP) is 4.37. The number of benzene rings is 3. The van der Waals surface area contributed by atoms with Crippen molar-refractivity contribution in [1.29, 1.82) is 0 Å². The number of nitrogens with zero attached hydrogens (tertiary/aromatic N) is 1. The van der Waals surface area contributed by atoms with Crippen LogP contribution in [0.15, 0.2) is 72.8 Å². The number of hydrogen-bond donors (Lipinski definition) is 1. The Morgan fingerprint density at radius 2 is 1.50 bits per heavy atom. The Hall–Kier alpha value is -3.47. The first kappa shape index (κ1) is 23.2. The van der Waals surface area contributed by atoms with E-state index in [9.17, 15) is 14.0 Å². The van der Waals surface area contributed by atoms with Crippen molar-refractivity contribution in [2.75, 3.05) is 7.05 Å². The summed E-state index contributed by atoms with van der Waals surface area (Å²) in [7, 11) is 1.57. The number of likely N-dealkylation sites (N-methyl/N-ethyl adjacent to an activating group) is 1. The van der Waals surface area contributed by atoms with Crippen molar-refractivity contribution in [3.05, 3.63) is 106 Å². The summed E-state index contributed by atoms with van der Waals surface area (Å²) in [4.78, 5) is 28.0. The van der Waals surface area contributed by atoms with Crippen LogP contribution in [0, 0.1) is 19.7 Å². The van der Waals surface area contributed by atoms with Crippen molar-refractivity contribution in [2.24, 2.45) is 0 Å². The van der Waals surface area contributed by atoms with Crippen molar-refractivity contribution in [3.8, 4) is 0 Å². The van der Waals surface area contributed by atoms with E-state index in [0.717, 1.165) is 27.8 Å². The maximum Gasteiger partial charge on any atom is 0.242 e. The van der Waals surface area contributed by atoms with Crippen LogP contribution in [0.25, 0.3) is 0 Å². The fourth-order valence-corrected chi connectivity index (χ4v) is 3.95. The molecule has 0 radical (unpaired) electrons. The predicted molar refractivity (Wildman–Crippen MR) is 125 cm³/mol. The van der Waals surface area contributed by atoms with Gasteiger partial charge in [-0.1, -0.05) is 71.8 Å². The van der Waals surface area contributed by atoms with Crippen LogP contribution in [0.2, 0.25) is 0 Å². The number of nitrogens with one attached hydrogen (secondary N) is 1. The summed E-state index contributed by atoms with van der Waals surface area (Å²) in [6.07, 6.45) is 0.576. The molecule has 3 rings (SSSR count). The van der Waals surface area contributed by atoms with E-state index < -0.39 is 6.04 Å². The highest BCUT2D eigenvalue weighted by Gasteiger charge is 2.29. The van der Waals surface area contributed by atoms with Crippen LogP contribution in [0.3, 0.4) is 0 Å². The maximum absolute atomic E-state index is 13.5. The van der Waals surface area contributed by atoms with Crippen LogP contribution >= 0.6 is 0 Å². The lowest BCUT2D eigenvalue weighted by atomic mass is 10.0. The Bertz CT molecular complexity index is 1040. The molecule has 0 aromatic heterocycles. The van der Waals surface area contributed by atoms with E-state index in [-0.39, 0.29) is 30.6 Å². The molecule has 0 saturated heterocycles. The van der Waals surface area contributed by atoms with Crippen molar-refractivity contribution in [2.45, 2.75) is 39.3 Å². The highest BCUT2D eigenvalue weighted by Crippen LogP contribution is 2.18. The summed E-state index contributed by atoms with van der Waals surface area (Å²) in [5.74, 6) is -0.720. The SMILES string of the molecule is CNC(=O)C(Cc1ccccc1)N(Cc1ccc(F)cc1)C(=O)Cc1cc(C)cc(C)c1. The Morgan fingerprint density at radius 1 is 0.875 bits per heavy atom. The quantitative estimate of drug-likeness (QED) is 0.575. The Labute approximate surface area is 189 Å². The van der Waals surface area contributed by atoms with Gasteiger partial charge in [0.1, 0.15) is 11.9 Å². The zero-order valence-electron chi connectivity index (χ0n) is 18.8. The molecule has 1 N–H and O–H groups in total. The van der Waals surface area contributed by atoms with Gasteiger partial charge < -0.3 is 10.2 Å². The second-order valence-corrected chi connectivity index (χ2v) is 8.14. The van der Waals surface area contributed by atoms with E-state index in [1.54, 1.807) is 24.1 Å². The first-order valence-electron chi connectivity index (χ1n) is 10.7. The van der Waals surface area contributed by atoms with E-state index in [1.807, 2.05) is 56.3 Å². The lowest BCUT2D eigenvalue weighted by molar-refractivity contribution is -0.140. The number of hydrogen-bond acceptors (Lipinski definition) is 2. The van der Waals surface area contributed by atoms with E-state index in [2.05, 4.69) is 11.4 Å². The fourth-order valence-electron chi connectivity index (χ4n) is 3.95. The molecule has 0 spiro atoms. The van der Waals surface area contributed by atoms with Crippen LogP contribution in [-0.2, 0) is 29.0 Å². The molecule has 3 aromatic carbocycles. The maximum atomic E-state index is 13.5. The molecule has 0 bridgehead atoms. The van der Waals surface area contributed by atoms with Crippen molar-refractivity contribution < 1.29 is 14.0 Å². The first-order chi connectivity index (χ1) is 15.4. The number of carbonyl (C=O) groups excluding carboxylic acids is 2. The number of amides is 2. The number of rotatable bonds is 8. The molecular formula is C27H29FN2O2. The van der Waals surface area contributed by atoms with Gasteiger partial charge in [0.05, 0.1) is 6.42 Å². The number of carbonyl (C=O) groups is 2. The highest BCUT2D eigenvalue weighted by atomic mass is 19.1. The van der Waals surface area contributed by atoms with E-state index >= 15 is 0 Å². The topological polar surface area (TPSA) is 49.4 Å². The molecule has 5 heteroatoms. The molecule has 0 saturated carbocycles. The van der Waals surface area contributed by atoms with Gasteiger partial charge in [-0.3, -0.25) is 9.59 Å². The van der Waals surface area contributed by atoms with Crippen molar-refractivity contribution >= 4 is 11.8 Å². The van der Waals surface area contributed by atoms with E-state index in [4.69, 9.17) is 0 Å². The Balaban J connectivity index is 1.95. The van der Waals surface area contributed by atoms with E-state index in [0.29, 0.717) is 6.42 Å². The average Bonchev–Trinajstić information content (AvgIpc) is 2.76. The van der Waals surface area contributed by atoms with Gasteiger partial charge in [-0.2, -0.15) is 0 Å². The lowest BCUT2D eigenvalue weighted by Crippen LogP contribution is -2.50. The summed E-state index contributed by atoms with van der Waals surface area (Å²) < 4.78 is 13.4. The zero-order valence-corrected chi connectivity index (χ0v) is 18.8. The second kappa shape index (κ2) is 10.7. The van der Waals surface area contributed by atoms with Gasteiger partial charge in [-0.25, -0.2) is 4.39 Å². The molecular weight excluding hydrogens is 403 g/mol. The minimum atomic E-state index is -0.689. The molecule has 0 aliphatic heterocycles. The van der Waals surface area contributed by atoms with Gasteiger partial charge >= 0.3 is 0 Å². The third-order valence-corrected chi connectivity index (χ3v) is 5.42. The van der Waals surface area contributed by atoms with Gasteiger partial charge in [-0.05, 0) is 42.7 Å². The molecule has 0 aliphatic carbocycles. The molecule has 0 heterocycles. The molecule has 2 amide bonds. The highest BCUT2D eigenvalue weighted by molar-refractivity contribution is 5.88. The molecule has 3 aromatic rings. The van der Waals surface area contributed by atoms with Crippen molar-refractivity contribution in [3.63, 3.8) is 0 Å². The Kier molecular flexibility index (Phi) is 7.77. The minimum Gasteiger partial charge on any atom is -0.357 e. The lowest BCUT2D eigenvalue weighted by Gasteiger charge is -2.31. The second-order valence-electron chi connectivity index (χ2n) is 8.14. The normalized spacial score (nSPS) is 11.6. The summed E-state index contributed by atoms with van der Waals surface area (Å²) in [5.41, 5.74) is 4.81. The smallest absolute Gasteiger partial charge is 0.242 e.